The fourth-order valence-corrected chi connectivity index (χ4v) is 1.51. The molecule has 2 N–H and O–H groups in total. The van der Waals surface area contributed by atoms with Crippen molar-refractivity contribution < 1.29 is 8.83 Å². The number of oxazole rings is 1. The molecule has 0 unspecified atom stereocenters. The van der Waals surface area contributed by atoms with Crippen molar-refractivity contribution in [1.82, 2.24) is 20.5 Å². The van der Waals surface area contributed by atoms with E-state index in [2.05, 4.69) is 32.7 Å². The van der Waals surface area contributed by atoms with Gasteiger partial charge in [0.25, 0.3) is 0 Å². The quantitative estimate of drug-likeness (QED) is 0.702. The zero-order valence-corrected chi connectivity index (χ0v) is 11.3. The van der Waals surface area contributed by atoms with E-state index in [4.69, 9.17) is 8.83 Å². The van der Waals surface area contributed by atoms with E-state index < -0.39 is 0 Å². The molecule has 0 spiro atoms. The number of aromatic nitrogens is 3. The van der Waals surface area contributed by atoms with Crippen LogP contribution < -0.4 is 10.6 Å². The highest BCUT2D eigenvalue weighted by Crippen LogP contribution is 2.09. The number of hydrogen-bond donors (Lipinski definition) is 2. The van der Waals surface area contributed by atoms with E-state index in [9.17, 15) is 0 Å². The molecular weight excluding hydrogens is 246 g/mol. The van der Waals surface area contributed by atoms with Crippen molar-refractivity contribution in [2.45, 2.75) is 39.8 Å². The maximum Gasteiger partial charge on any atom is 0.315 e. The van der Waals surface area contributed by atoms with Crippen LogP contribution in [0, 0.1) is 0 Å². The van der Waals surface area contributed by atoms with Gasteiger partial charge in [0.05, 0.1) is 19.3 Å². The molecule has 0 aliphatic heterocycles. The molecule has 2 heterocycles. The molecule has 0 saturated heterocycles. The summed E-state index contributed by atoms with van der Waals surface area (Å²) in [5.74, 6) is 2.05. The third kappa shape index (κ3) is 4.06. The van der Waals surface area contributed by atoms with E-state index in [0.717, 1.165) is 25.1 Å². The molecule has 2 rings (SSSR count). The van der Waals surface area contributed by atoms with Crippen LogP contribution in [0.1, 0.15) is 37.8 Å². The smallest absolute Gasteiger partial charge is 0.315 e. The lowest BCUT2D eigenvalue weighted by Crippen LogP contribution is -2.13. The zero-order valence-electron chi connectivity index (χ0n) is 11.3. The second-order valence-corrected chi connectivity index (χ2v) is 4.11. The maximum atomic E-state index is 5.46. The van der Waals surface area contributed by atoms with E-state index in [1.807, 2.05) is 6.92 Å². The lowest BCUT2D eigenvalue weighted by Gasteiger charge is -1.98. The van der Waals surface area contributed by atoms with E-state index in [1.54, 1.807) is 6.20 Å². The van der Waals surface area contributed by atoms with Crippen molar-refractivity contribution in [2.75, 3.05) is 11.9 Å². The van der Waals surface area contributed by atoms with Crippen LogP contribution in [-0.4, -0.2) is 21.7 Å². The Bertz CT molecular complexity index is 494. The Hall–Kier alpha value is -1.89. The lowest BCUT2D eigenvalue weighted by molar-refractivity contribution is 0.454. The molecule has 0 atom stereocenters. The number of aryl methyl sites for hydroxylation is 1. The molecule has 104 valence electrons. The van der Waals surface area contributed by atoms with Gasteiger partial charge in [-0.1, -0.05) is 18.9 Å². The van der Waals surface area contributed by atoms with Crippen molar-refractivity contribution >= 4 is 6.01 Å². The Balaban J connectivity index is 1.79. The summed E-state index contributed by atoms with van der Waals surface area (Å²) in [5.41, 5.74) is 0. The van der Waals surface area contributed by atoms with Crippen molar-refractivity contribution in [3.05, 3.63) is 23.7 Å². The van der Waals surface area contributed by atoms with Gasteiger partial charge in [-0.3, -0.25) is 0 Å². The molecule has 0 aliphatic rings. The van der Waals surface area contributed by atoms with Crippen LogP contribution in [0.2, 0.25) is 0 Å². The first-order valence-corrected chi connectivity index (χ1v) is 6.52. The molecule has 19 heavy (non-hydrogen) atoms. The standard InChI is InChI=1S/C12H19N5O2/c1-3-5-13-7-11-16-17-12(19-11)15-8-10-14-6-9(4-2)18-10/h6,13H,3-5,7-8H2,1-2H3,(H,15,17). The molecule has 0 aromatic carbocycles. The van der Waals surface area contributed by atoms with Crippen LogP contribution >= 0.6 is 0 Å². The highest BCUT2D eigenvalue weighted by atomic mass is 16.4. The van der Waals surface area contributed by atoms with Crippen LogP contribution in [0.25, 0.3) is 0 Å². The summed E-state index contributed by atoms with van der Waals surface area (Å²) < 4.78 is 10.9. The van der Waals surface area contributed by atoms with Gasteiger partial charge in [-0.05, 0) is 13.0 Å². The predicted molar refractivity (Wildman–Crippen MR) is 69.5 cm³/mol. The SMILES string of the molecule is CCCNCc1nnc(NCc2ncc(CC)o2)o1. The highest BCUT2D eigenvalue weighted by Gasteiger charge is 2.07. The van der Waals surface area contributed by atoms with E-state index >= 15 is 0 Å². The predicted octanol–water partition coefficient (Wildman–Crippen LogP) is 1.73. The average Bonchev–Trinajstić information content (AvgIpc) is 3.05. The normalized spacial score (nSPS) is 10.8. The maximum absolute atomic E-state index is 5.46. The summed E-state index contributed by atoms with van der Waals surface area (Å²) in [6.45, 7) is 6.08. The summed E-state index contributed by atoms with van der Waals surface area (Å²) in [5, 5.41) is 14.0. The summed E-state index contributed by atoms with van der Waals surface area (Å²) in [4.78, 5) is 4.14. The van der Waals surface area contributed by atoms with Crippen molar-refractivity contribution in [3.63, 3.8) is 0 Å². The largest absolute Gasteiger partial charge is 0.444 e. The van der Waals surface area contributed by atoms with E-state index in [0.29, 0.717) is 30.9 Å². The molecule has 0 radical (unpaired) electrons. The number of nitrogens with one attached hydrogen (secondary N) is 2. The Morgan fingerprint density at radius 2 is 2.00 bits per heavy atom. The first-order chi connectivity index (χ1) is 9.31. The molecule has 7 heteroatoms. The van der Waals surface area contributed by atoms with Gasteiger partial charge in [-0.25, -0.2) is 4.98 Å². The Morgan fingerprint density at radius 3 is 2.74 bits per heavy atom. The van der Waals surface area contributed by atoms with Gasteiger partial charge in [0.15, 0.2) is 0 Å². The Morgan fingerprint density at radius 1 is 1.11 bits per heavy atom. The Kier molecular flexibility index (Phi) is 4.91. The minimum Gasteiger partial charge on any atom is -0.444 e. The zero-order chi connectivity index (χ0) is 13.5. The molecule has 2 aromatic heterocycles. The van der Waals surface area contributed by atoms with Gasteiger partial charge >= 0.3 is 6.01 Å². The summed E-state index contributed by atoms with van der Waals surface area (Å²) in [6.07, 6.45) is 3.63. The monoisotopic (exact) mass is 265 g/mol. The molecule has 0 bridgehead atoms. The molecular formula is C12H19N5O2. The van der Waals surface area contributed by atoms with Gasteiger partial charge in [0, 0.05) is 6.42 Å². The first kappa shape index (κ1) is 13.5. The number of hydrogen-bond acceptors (Lipinski definition) is 7. The second kappa shape index (κ2) is 6.89. The average molecular weight is 265 g/mol. The van der Waals surface area contributed by atoms with Gasteiger partial charge in [0.2, 0.25) is 11.8 Å². The highest BCUT2D eigenvalue weighted by molar-refractivity contribution is 5.17. The van der Waals surface area contributed by atoms with Crippen LogP contribution in [0.15, 0.2) is 15.0 Å². The Labute approximate surface area is 111 Å². The van der Waals surface area contributed by atoms with Gasteiger partial charge < -0.3 is 19.5 Å². The van der Waals surface area contributed by atoms with Gasteiger partial charge in [-0.15, -0.1) is 5.10 Å². The third-order valence-corrected chi connectivity index (χ3v) is 2.51. The molecule has 7 nitrogen and oxygen atoms in total. The summed E-state index contributed by atoms with van der Waals surface area (Å²) >= 11 is 0. The fraction of sp³-hybridized carbons (Fsp3) is 0.583. The minimum atomic E-state index is 0.379. The number of anilines is 1. The van der Waals surface area contributed by atoms with Crippen molar-refractivity contribution in [2.24, 2.45) is 0 Å². The topological polar surface area (TPSA) is 89.0 Å². The lowest BCUT2D eigenvalue weighted by atomic mass is 10.4. The van der Waals surface area contributed by atoms with Crippen LogP contribution in [0.5, 0.6) is 0 Å². The molecule has 0 aliphatic carbocycles. The fourth-order valence-electron chi connectivity index (χ4n) is 1.51. The van der Waals surface area contributed by atoms with Crippen molar-refractivity contribution in [3.8, 4) is 0 Å². The first-order valence-electron chi connectivity index (χ1n) is 6.52. The van der Waals surface area contributed by atoms with Gasteiger partial charge in [0.1, 0.15) is 5.76 Å². The number of rotatable bonds is 8. The molecule has 0 amide bonds. The van der Waals surface area contributed by atoms with Gasteiger partial charge in [-0.2, -0.15) is 0 Å². The third-order valence-electron chi connectivity index (χ3n) is 2.51. The molecule has 0 saturated carbocycles. The van der Waals surface area contributed by atoms with Crippen LogP contribution in [0.4, 0.5) is 6.01 Å². The molecule has 0 fully saturated rings. The summed E-state index contributed by atoms with van der Waals surface area (Å²) in [7, 11) is 0. The number of nitrogens with zero attached hydrogens (tertiary/aromatic N) is 3. The van der Waals surface area contributed by atoms with E-state index in [1.165, 1.54) is 0 Å². The van der Waals surface area contributed by atoms with Crippen molar-refractivity contribution in [1.29, 1.82) is 0 Å². The summed E-state index contributed by atoms with van der Waals surface area (Å²) in [6, 6.07) is 0.379. The molecule has 2 aromatic rings. The minimum absolute atomic E-state index is 0.379. The van der Waals surface area contributed by atoms with Crippen LogP contribution in [-0.2, 0) is 19.5 Å². The van der Waals surface area contributed by atoms with Crippen LogP contribution in [0.3, 0.4) is 0 Å². The van der Waals surface area contributed by atoms with E-state index in [-0.39, 0.29) is 0 Å². The second-order valence-electron chi connectivity index (χ2n) is 4.11.